The Labute approximate surface area is 159 Å². The van der Waals surface area contributed by atoms with E-state index in [1.807, 2.05) is 62.4 Å². The van der Waals surface area contributed by atoms with E-state index in [-0.39, 0.29) is 11.7 Å². The maximum Gasteiger partial charge on any atom is 0.262 e. The van der Waals surface area contributed by atoms with Crippen molar-refractivity contribution in [2.45, 2.75) is 32.9 Å². The normalized spacial score (nSPS) is 15.4. The van der Waals surface area contributed by atoms with Crippen molar-refractivity contribution in [3.63, 3.8) is 0 Å². The molecule has 5 heteroatoms. The number of nitrogens with zero attached hydrogens (tertiary/aromatic N) is 1. The van der Waals surface area contributed by atoms with Gasteiger partial charge in [0.1, 0.15) is 29.2 Å². The molecular weight excluding hydrogens is 340 g/mol. The molecule has 27 heavy (non-hydrogen) atoms. The van der Waals surface area contributed by atoms with Crippen LogP contribution in [0.4, 0.5) is 0 Å². The van der Waals surface area contributed by atoms with E-state index in [1.54, 1.807) is 6.08 Å². The average molecular weight is 362 g/mol. The zero-order chi connectivity index (χ0) is 19.2. The summed E-state index contributed by atoms with van der Waals surface area (Å²) in [6.07, 6.45) is 2.48. The molecule has 1 atom stereocenters. The first-order valence-electron chi connectivity index (χ1n) is 9.01. The van der Waals surface area contributed by atoms with Gasteiger partial charge in [-0.15, -0.1) is 0 Å². The summed E-state index contributed by atoms with van der Waals surface area (Å²) in [6, 6.07) is 15.3. The van der Waals surface area contributed by atoms with Gasteiger partial charge in [-0.05, 0) is 37.6 Å². The number of rotatable bonds is 6. The summed E-state index contributed by atoms with van der Waals surface area (Å²) in [5.41, 5.74) is 2.74. The number of nitriles is 1. The van der Waals surface area contributed by atoms with E-state index < -0.39 is 5.91 Å². The number of carbonyl (C=O) groups excluding carboxylic acids is 1. The molecule has 1 aliphatic heterocycles. The number of nitrogens with one attached hydrogen (secondary N) is 1. The summed E-state index contributed by atoms with van der Waals surface area (Å²) >= 11 is 0. The largest absolute Gasteiger partial charge is 0.493 e. The lowest BCUT2D eigenvalue weighted by molar-refractivity contribution is -0.117. The summed E-state index contributed by atoms with van der Waals surface area (Å²) in [5, 5.41) is 12.2. The van der Waals surface area contributed by atoms with Crippen LogP contribution in [0.5, 0.6) is 11.5 Å². The van der Waals surface area contributed by atoms with Gasteiger partial charge in [0, 0.05) is 24.1 Å². The number of hydrogen-bond donors (Lipinski definition) is 1. The lowest BCUT2D eigenvalue weighted by Crippen LogP contribution is -2.23. The van der Waals surface area contributed by atoms with Crippen LogP contribution in [-0.4, -0.2) is 18.6 Å². The monoisotopic (exact) mass is 362 g/mol. The first kappa shape index (κ1) is 18.5. The van der Waals surface area contributed by atoms with Gasteiger partial charge in [-0.1, -0.05) is 30.3 Å². The van der Waals surface area contributed by atoms with Crippen molar-refractivity contribution in [2.24, 2.45) is 0 Å². The molecule has 0 saturated heterocycles. The second-order valence-electron chi connectivity index (χ2n) is 6.40. The fourth-order valence-corrected chi connectivity index (χ4v) is 3.03. The third-order valence-electron chi connectivity index (χ3n) is 4.29. The van der Waals surface area contributed by atoms with E-state index in [9.17, 15) is 10.1 Å². The molecular formula is C22H22N2O3. The van der Waals surface area contributed by atoms with Crippen molar-refractivity contribution in [1.29, 1.82) is 5.26 Å². The molecule has 1 heterocycles. The Bertz CT molecular complexity index is 898. The molecule has 1 N–H and O–H groups in total. The van der Waals surface area contributed by atoms with E-state index in [0.717, 1.165) is 23.3 Å². The van der Waals surface area contributed by atoms with Crippen molar-refractivity contribution in [1.82, 2.24) is 5.32 Å². The third-order valence-corrected chi connectivity index (χ3v) is 4.29. The lowest BCUT2D eigenvalue weighted by Gasteiger charge is -2.11. The molecule has 138 valence electrons. The van der Waals surface area contributed by atoms with E-state index in [2.05, 4.69) is 5.32 Å². The molecule has 3 rings (SSSR count). The maximum atomic E-state index is 12.4. The molecule has 0 radical (unpaired) electrons. The molecule has 0 aliphatic carbocycles. The van der Waals surface area contributed by atoms with Crippen LogP contribution in [0.25, 0.3) is 6.08 Å². The standard InChI is InChI=1S/C22H22N2O3/c1-3-26-20-11-17-9-15(2)27-21(17)12-18(20)10-19(13-23)22(25)24-14-16-7-5-4-6-8-16/h4-8,10-12,15H,3,9,14H2,1-2H3,(H,24,25)/b19-10+. The predicted molar refractivity (Wildman–Crippen MR) is 103 cm³/mol. The van der Waals surface area contributed by atoms with Crippen molar-refractivity contribution >= 4 is 12.0 Å². The van der Waals surface area contributed by atoms with Crippen molar-refractivity contribution in [2.75, 3.05) is 6.61 Å². The SMILES string of the molecule is CCOc1cc2c(cc1/C=C(\C#N)C(=O)NCc1ccccc1)OC(C)C2. The van der Waals surface area contributed by atoms with Crippen LogP contribution in [0, 0.1) is 11.3 Å². The van der Waals surface area contributed by atoms with Gasteiger partial charge in [-0.2, -0.15) is 5.26 Å². The second-order valence-corrected chi connectivity index (χ2v) is 6.40. The van der Waals surface area contributed by atoms with Crippen LogP contribution in [0.15, 0.2) is 48.0 Å². The molecule has 1 unspecified atom stereocenters. The minimum Gasteiger partial charge on any atom is -0.493 e. The third kappa shape index (κ3) is 4.48. The van der Waals surface area contributed by atoms with Crippen LogP contribution in [0.2, 0.25) is 0 Å². The van der Waals surface area contributed by atoms with Gasteiger partial charge in [-0.25, -0.2) is 0 Å². The highest BCUT2D eigenvalue weighted by atomic mass is 16.5. The van der Waals surface area contributed by atoms with Gasteiger partial charge >= 0.3 is 0 Å². The Morgan fingerprint density at radius 3 is 2.85 bits per heavy atom. The molecule has 2 aromatic rings. The molecule has 1 aliphatic rings. The Morgan fingerprint density at radius 2 is 2.15 bits per heavy atom. The second kappa shape index (κ2) is 8.41. The lowest BCUT2D eigenvalue weighted by atomic mass is 10.0. The van der Waals surface area contributed by atoms with Gasteiger partial charge in [0.05, 0.1) is 6.61 Å². The summed E-state index contributed by atoms with van der Waals surface area (Å²) < 4.78 is 11.5. The van der Waals surface area contributed by atoms with Crippen LogP contribution < -0.4 is 14.8 Å². The molecule has 1 amide bonds. The number of fused-ring (bicyclic) bond motifs is 1. The highest BCUT2D eigenvalue weighted by Crippen LogP contribution is 2.36. The molecule has 5 nitrogen and oxygen atoms in total. The van der Waals surface area contributed by atoms with Crippen molar-refractivity contribution in [3.8, 4) is 17.6 Å². The Balaban J connectivity index is 1.83. The summed E-state index contributed by atoms with van der Waals surface area (Å²) in [5.74, 6) is 1.01. The highest BCUT2D eigenvalue weighted by molar-refractivity contribution is 6.02. The Hall–Kier alpha value is -3.26. The molecule has 0 spiro atoms. The van der Waals surface area contributed by atoms with E-state index in [1.165, 1.54) is 0 Å². The van der Waals surface area contributed by atoms with Crippen LogP contribution in [0.1, 0.15) is 30.5 Å². The van der Waals surface area contributed by atoms with Crippen LogP contribution in [0.3, 0.4) is 0 Å². The Kier molecular flexibility index (Phi) is 5.77. The number of ether oxygens (including phenoxy) is 2. The highest BCUT2D eigenvalue weighted by Gasteiger charge is 2.22. The number of benzene rings is 2. The molecule has 0 fully saturated rings. The topological polar surface area (TPSA) is 71.3 Å². The summed E-state index contributed by atoms with van der Waals surface area (Å²) in [6.45, 7) is 4.77. The molecule has 0 saturated carbocycles. The number of hydrogen-bond acceptors (Lipinski definition) is 4. The number of carbonyl (C=O) groups is 1. The van der Waals surface area contributed by atoms with Gasteiger partial charge in [-0.3, -0.25) is 4.79 Å². The first-order chi connectivity index (χ1) is 13.1. The molecule has 2 aromatic carbocycles. The van der Waals surface area contributed by atoms with Crippen LogP contribution in [-0.2, 0) is 17.8 Å². The zero-order valence-electron chi connectivity index (χ0n) is 15.5. The minimum atomic E-state index is -0.418. The van der Waals surface area contributed by atoms with Gasteiger partial charge in [0.2, 0.25) is 0 Å². The smallest absolute Gasteiger partial charge is 0.262 e. The average Bonchev–Trinajstić information content (AvgIpc) is 3.04. The molecule has 0 aromatic heterocycles. The number of amides is 1. The first-order valence-corrected chi connectivity index (χ1v) is 9.01. The summed E-state index contributed by atoms with van der Waals surface area (Å²) in [4.78, 5) is 12.4. The predicted octanol–water partition coefficient (Wildman–Crippen LogP) is 3.63. The van der Waals surface area contributed by atoms with Gasteiger partial charge < -0.3 is 14.8 Å². The quantitative estimate of drug-likeness (QED) is 0.629. The zero-order valence-corrected chi connectivity index (χ0v) is 15.5. The summed E-state index contributed by atoms with van der Waals surface area (Å²) in [7, 11) is 0. The van der Waals surface area contributed by atoms with Crippen molar-refractivity contribution < 1.29 is 14.3 Å². The van der Waals surface area contributed by atoms with Gasteiger partial charge in [0.25, 0.3) is 5.91 Å². The maximum absolute atomic E-state index is 12.4. The minimum absolute atomic E-state index is 0.0258. The van der Waals surface area contributed by atoms with Crippen molar-refractivity contribution in [3.05, 3.63) is 64.7 Å². The van der Waals surface area contributed by atoms with E-state index in [4.69, 9.17) is 9.47 Å². The fraction of sp³-hybridized carbons (Fsp3) is 0.273. The van der Waals surface area contributed by atoms with E-state index >= 15 is 0 Å². The van der Waals surface area contributed by atoms with E-state index in [0.29, 0.717) is 24.5 Å². The molecule has 0 bridgehead atoms. The Morgan fingerprint density at radius 1 is 1.37 bits per heavy atom. The van der Waals surface area contributed by atoms with Gasteiger partial charge in [0.15, 0.2) is 0 Å². The fourth-order valence-electron chi connectivity index (χ4n) is 3.03. The van der Waals surface area contributed by atoms with Crippen LogP contribution >= 0.6 is 0 Å².